The first-order valence-electron chi connectivity index (χ1n) is 9.82. The topological polar surface area (TPSA) is 64.7 Å². The number of benzene rings is 1. The Morgan fingerprint density at radius 3 is 2.67 bits per heavy atom. The molecule has 6 nitrogen and oxygen atoms in total. The fraction of sp³-hybridized carbons (Fsp3) is 0.600. The van der Waals surface area contributed by atoms with Gasteiger partial charge in [0.05, 0.1) is 5.56 Å². The third-order valence-corrected chi connectivity index (χ3v) is 5.49. The predicted molar refractivity (Wildman–Crippen MR) is 102 cm³/mol. The van der Waals surface area contributed by atoms with Gasteiger partial charge >= 0.3 is 0 Å². The molecule has 27 heavy (non-hydrogen) atoms. The molecular formula is C20H29FN4O2. The number of halogens is 1. The first-order chi connectivity index (χ1) is 13.0. The van der Waals surface area contributed by atoms with E-state index in [1.54, 1.807) is 12.1 Å². The van der Waals surface area contributed by atoms with Crippen molar-refractivity contribution in [3.05, 3.63) is 35.6 Å². The van der Waals surface area contributed by atoms with E-state index in [0.717, 1.165) is 45.6 Å². The van der Waals surface area contributed by atoms with Crippen molar-refractivity contribution in [1.82, 2.24) is 20.4 Å². The molecule has 2 N–H and O–H groups in total. The Labute approximate surface area is 160 Å². The van der Waals surface area contributed by atoms with E-state index >= 15 is 0 Å². The van der Waals surface area contributed by atoms with E-state index in [-0.39, 0.29) is 23.3 Å². The van der Waals surface area contributed by atoms with Crippen LogP contribution in [0.2, 0.25) is 0 Å². The molecule has 0 unspecified atom stereocenters. The number of hydrogen-bond acceptors (Lipinski definition) is 4. The van der Waals surface area contributed by atoms with Crippen LogP contribution in [0.3, 0.4) is 0 Å². The second-order valence-corrected chi connectivity index (χ2v) is 7.48. The van der Waals surface area contributed by atoms with E-state index in [1.165, 1.54) is 12.1 Å². The van der Waals surface area contributed by atoms with Crippen LogP contribution in [-0.2, 0) is 4.79 Å². The second kappa shape index (κ2) is 9.28. The number of piperazine rings is 1. The summed E-state index contributed by atoms with van der Waals surface area (Å²) in [7, 11) is 0. The van der Waals surface area contributed by atoms with E-state index in [0.29, 0.717) is 19.1 Å². The SMILES string of the molecule is C[C@H]1C[C@@H](C(=O)N2CCN(CCNC(=O)c3ccccc3F)CC2)CCN1. The van der Waals surface area contributed by atoms with E-state index in [9.17, 15) is 14.0 Å². The molecule has 1 aromatic carbocycles. The Morgan fingerprint density at radius 1 is 1.22 bits per heavy atom. The van der Waals surface area contributed by atoms with Crippen molar-refractivity contribution in [1.29, 1.82) is 0 Å². The van der Waals surface area contributed by atoms with Gasteiger partial charge in [0.1, 0.15) is 5.82 Å². The number of piperidine rings is 1. The van der Waals surface area contributed by atoms with Gasteiger partial charge in [0.2, 0.25) is 5.91 Å². The van der Waals surface area contributed by atoms with Gasteiger partial charge in [0.25, 0.3) is 5.91 Å². The highest BCUT2D eigenvalue weighted by Crippen LogP contribution is 2.19. The second-order valence-electron chi connectivity index (χ2n) is 7.48. The van der Waals surface area contributed by atoms with Crippen LogP contribution in [0.25, 0.3) is 0 Å². The van der Waals surface area contributed by atoms with Crippen molar-refractivity contribution in [2.24, 2.45) is 5.92 Å². The molecule has 0 spiro atoms. The predicted octanol–water partition coefficient (Wildman–Crippen LogP) is 1.09. The lowest BCUT2D eigenvalue weighted by Gasteiger charge is -2.38. The maximum atomic E-state index is 13.6. The summed E-state index contributed by atoms with van der Waals surface area (Å²) in [5.74, 6) is -0.458. The van der Waals surface area contributed by atoms with Crippen molar-refractivity contribution in [3.8, 4) is 0 Å². The Morgan fingerprint density at radius 2 is 1.96 bits per heavy atom. The normalized spacial score (nSPS) is 23.9. The molecule has 2 heterocycles. The van der Waals surface area contributed by atoms with E-state index in [1.807, 2.05) is 4.90 Å². The number of amides is 2. The maximum absolute atomic E-state index is 13.6. The monoisotopic (exact) mass is 376 g/mol. The summed E-state index contributed by atoms with van der Waals surface area (Å²) in [4.78, 5) is 28.9. The third-order valence-electron chi connectivity index (χ3n) is 5.49. The molecule has 0 radical (unpaired) electrons. The minimum absolute atomic E-state index is 0.0733. The van der Waals surface area contributed by atoms with Crippen LogP contribution in [0, 0.1) is 11.7 Å². The lowest BCUT2D eigenvalue weighted by Crippen LogP contribution is -2.53. The summed E-state index contributed by atoms with van der Waals surface area (Å²) >= 11 is 0. The highest BCUT2D eigenvalue weighted by Gasteiger charge is 2.30. The highest BCUT2D eigenvalue weighted by atomic mass is 19.1. The molecular weight excluding hydrogens is 347 g/mol. The van der Waals surface area contributed by atoms with Gasteiger partial charge in [-0.3, -0.25) is 14.5 Å². The smallest absolute Gasteiger partial charge is 0.254 e. The number of rotatable bonds is 5. The maximum Gasteiger partial charge on any atom is 0.254 e. The lowest BCUT2D eigenvalue weighted by atomic mass is 9.92. The van der Waals surface area contributed by atoms with Crippen LogP contribution >= 0.6 is 0 Å². The highest BCUT2D eigenvalue weighted by molar-refractivity contribution is 5.94. The Kier molecular flexibility index (Phi) is 6.79. The van der Waals surface area contributed by atoms with Gasteiger partial charge in [-0.25, -0.2) is 4.39 Å². The van der Waals surface area contributed by atoms with E-state index in [4.69, 9.17) is 0 Å². The van der Waals surface area contributed by atoms with Gasteiger partial charge in [0.15, 0.2) is 0 Å². The van der Waals surface area contributed by atoms with Gasteiger partial charge in [0, 0.05) is 51.2 Å². The molecule has 2 saturated heterocycles. The minimum Gasteiger partial charge on any atom is -0.351 e. The molecule has 2 fully saturated rings. The number of carbonyl (C=O) groups is 2. The van der Waals surface area contributed by atoms with Crippen LogP contribution in [0.5, 0.6) is 0 Å². The summed E-state index contributed by atoms with van der Waals surface area (Å²) in [6, 6.07) is 6.40. The van der Waals surface area contributed by atoms with Gasteiger partial charge in [-0.05, 0) is 38.4 Å². The average molecular weight is 376 g/mol. The number of nitrogens with zero attached hydrogens (tertiary/aromatic N) is 2. The Hall–Kier alpha value is -1.99. The average Bonchev–Trinajstić information content (AvgIpc) is 2.68. The quantitative estimate of drug-likeness (QED) is 0.808. The molecule has 0 saturated carbocycles. The summed E-state index contributed by atoms with van der Waals surface area (Å²) < 4.78 is 13.6. The molecule has 2 aliphatic heterocycles. The molecule has 2 aliphatic rings. The molecule has 2 amide bonds. The van der Waals surface area contributed by atoms with Crippen LogP contribution < -0.4 is 10.6 Å². The van der Waals surface area contributed by atoms with Crippen molar-refractivity contribution >= 4 is 11.8 Å². The Balaban J connectivity index is 1.38. The summed E-state index contributed by atoms with van der Waals surface area (Å²) in [6.45, 7) is 7.30. The molecule has 7 heteroatoms. The first-order valence-corrected chi connectivity index (χ1v) is 9.82. The molecule has 2 atom stereocenters. The molecule has 0 aliphatic carbocycles. The van der Waals surface area contributed by atoms with Gasteiger partial charge in [-0.15, -0.1) is 0 Å². The van der Waals surface area contributed by atoms with Crippen molar-refractivity contribution in [2.45, 2.75) is 25.8 Å². The van der Waals surface area contributed by atoms with Crippen LogP contribution in [0.1, 0.15) is 30.1 Å². The number of carbonyl (C=O) groups excluding carboxylic acids is 2. The fourth-order valence-electron chi connectivity index (χ4n) is 3.87. The Bertz CT molecular complexity index is 661. The zero-order valence-corrected chi connectivity index (χ0v) is 15.9. The van der Waals surface area contributed by atoms with E-state index in [2.05, 4.69) is 22.5 Å². The number of hydrogen-bond donors (Lipinski definition) is 2. The molecule has 0 bridgehead atoms. The lowest BCUT2D eigenvalue weighted by molar-refractivity contribution is -0.138. The van der Waals surface area contributed by atoms with Crippen LogP contribution in [0.15, 0.2) is 24.3 Å². The van der Waals surface area contributed by atoms with Crippen molar-refractivity contribution in [3.63, 3.8) is 0 Å². The summed E-state index contributed by atoms with van der Waals surface area (Å²) in [5.41, 5.74) is 0.0733. The van der Waals surface area contributed by atoms with Gasteiger partial charge < -0.3 is 15.5 Å². The molecule has 148 valence electrons. The van der Waals surface area contributed by atoms with Crippen molar-refractivity contribution < 1.29 is 14.0 Å². The van der Waals surface area contributed by atoms with Gasteiger partial charge in [-0.2, -0.15) is 0 Å². The summed E-state index contributed by atoms with van der Waals surface area (Å²) in [5, 5.41) is 6.16. The van der Waals surface area contributed by atoms with E-state index < -0.39 is 5.82 Å². The molecule has 1 aromatic rings. The standard InChI is InChI=1S/C20H29FN4O2/c1-15-14-16(6-7-22-15)20(27)25-12-10-24(11-13-25)9-8-23-19(26)17-4-2-3-5-18(17)21/h2-5,15-16,22H,6-14H2,1H3,(H,23,26)/t15-,16-/m0/s1. The first kappa shape index (κ1) is 19.8. The zero-order valence-electron chi connectivity index (χ0n) is 15.9. The summed E-state index contributed by atoms with van der Waals surface area (Å²) in [6.07, 6.45) is 1.84. The zero-order chi connectivity index (χ0) is 19.2. The minimum atomic E-state index is -0.505. The largest absolute Gasteiger partial charge is 0.351 e. The molecule has 0 aromatic heterocycles. The molecule has 3 rings (SSSR count). The fourth-order valence-corrected chi connectivity index (χ4v) is 3.87. The van der Waals surface area contributed by atoms with Crippen molar-refractivity contribution in [2.75, 3.05) is 45.8 Å². The number of nitrogens with one attached hydrogen (secondary N) is 2. The third kappa shape index (κ3) is 5.26. The van der Waals surface area contributed by atoms with Gasteiger partial charge in [-0.1, -0.05) is 12.1 Å². The van der Waals surface area contributed by atoms with Crippen LogP contribution in [-0.4, -0.2) is 73.5 Å². The van der Waals surface area contributed by atoms with Crippen LogP contribution in [0.4, 0.5) is 4.39 Å².